The van der Waals surface area contributed by atoms with E-state index in [1.165, 1.54) is 24.2 Å². The van der Waals surface area contributed by atoms with Crippen LogP contribution in [0.2, 0.25) is 10.0 Å². The van der Waals surface area contributed by atoms with Crippen LogP contribution in [0.15, 0.2) is 18.2 Å². The van der Waals surface area contributed by atoms with E-state index in [9.17, 15) is 4.79 Å². The number of hydrogen-bond donors (Lipinski definition) is 1. The van der Waals surface area contributed by atoms with E-state index in [4.69, 9.17) is 23.2 Å². The Balaban J connectivity index is 1.87. The maximum atomic E-state index is 12.0. The Bertz CT molecular complexity index is 645. The van der Waals surface area contributed by atoms with E-state index < -0.39 is 0 Å². The van der Waals surface area contributed by atoms with Crippen LogP contribution in [0.3, 0.4) is 0 Å². The van der Waals surface area contributed by atoms with E-state index in [1.54, 1.807) is 18.2 Å². The Morgan fingerprint density at radius 3 is 2.77 bits per heavy atom. The average molecular weight is 358 g/mol. The maximum absolute atomic E-state index is 12.0. The molecule has 0 saturated carbocycles. The number of aromatic nitrogens is 2. The van der Waals surface area contributed by atoms with Gasteiger partial charge in [-0.1, -0.05) is 60.4 Å². The quantitative estimate of drug-likeness (QED) is 0.726. The molecule has 0 aliphatic carbocycles. The molecule has 0 bridgehead atoms. The van der Waals surface area contributed by atoms with Gasteiger partial charge >= 0.3 is 0 Å². The van der Waals surface area contributed by atoms with Crippen LogP contribution < -0.4 is 5.32 Å². The van der Waals surface area contributed by atoms with E-state index in [0.717, 1.165) is 23.4 Å². The molecule has 0 aliphatic rings. The second-order valence-corrected chi connectivity index (χ2v) is 6.81. The van der Waals surface area contributed by atoms with Crippen LogP contribution in [-0.2, 0) is 17.6 Å². The number of nitrogens with one attached hydrogen (secondary N) is 1. The lowest BCUT2D eigenvalue weighted by molar-refractivity contribution is -0.115. The molecule has 1 N–H and O–H groups in total. The molecule has 0 fully saturated rings. The predicted molar refractivity (Wildman–Crippen MR) is 91.9 cm³/mol. The summed E-state index contributed by atoms with van der Waals surface area (Å²) < 4.78 is 0. The second kappa shape index (κ2) is 8.46. The fourth-order valence-corrected chi connectivity index (χ4v) is 3.05. The topological polar surface area (TPSA) is 54.9 Å². The zero-order valence-electron chi connectivity index (χ0n) is 12.2. The van der Waals surface area contributed by atoms with Crippen molar-refractivity contribution < 1.29 is 4.79 Å². The van der Waals surface area contributed by atoms with E-state index in [2.05, 4.69) is 22.4 Å². The Morgan fingerprint density at radius 2 is 2.05 bits per heavy atom. The summed E-state index contributed by atoms with van der Waals surface area (Å²) in [6, 6.07) is 5.16. The lowest BCUT2D eigenvalue weighted by Crippen LogP contribution is -2.14. The molecule has 1 aromatic carbocycles. The summed E-state index contributed by atoms with van der Waals surface area (Å²) in [4.78, 5) is 12.0. The first-order valence-electron chi connectivity index (χ1n) is 7.14. The van der Waals surface area contributed by atoms with Gasteiger partial charge in [-0.05, 0) is 24.1 Å². The fraction of sp³-hybridized carbons (Fsp3) is 0.400. The van der Waals surface area contributed by atoms with Crippen molar-refractivity contribution in [3.8, 4) is 0 Å². The van der Waals surface area contributed by atoms with Gasteiger partial charge in [-0.15, -0.1) is 10.2 Å². The van der Waals surface area contributed by atoms with Crippen LogP contribution >= 0.6 is 34.5 Å². The van der Waals surface area contributed by atoms with Crippen molar-refractivity contribution in [2.75, 3.05) is 5.32 Å². The highest BCUT2D eigenvalue weighted by Gasteiger charge is 2.10. The molecule has 1 aromatic heterocycles. The molecule has 0 radical (unpaired) electrons. The van der Waals surface area contributed by atoms with Gasteiger partial charge in [0.25, 0.3) is 0 Å². The number of hydrogen-bond acceptors (Lipinski definition) is 4. The molecule has 0 unspecified atom stereocenters. The van der Waals surface area contributed by atoms with E-state index in [0.29, 0.717) is 15.2 Å². The number of halogens is 2. The van der Waals surface area contributed by atoms with Crippen molar-refractivity contribution in [3.63, 3.8) is 0 Å². The lowest BCUT2D eigenvalue weighted by Gasteiger charge is -2.03. The zero-order valence-corrected chi connectivity index (χ0v) is 14.6. The molecule has 0 saturated heterocycles. The first kappa shape index (κ1) is 17.2. The minimum Gasteiger partial charge on any atom is -0.300 e. The number of carbonyl (C=O) groups excluding carboxylic acids is 1. The first-order chi connectivity index (χ1) is 10.6. The number of amides is 1. The molecular formula is C15H17Cl2N3OS. The number of carbonyl (C=O) groups is 1. The minimum absolute atomic E-state index is 0.144. The first-order valence-corrected chi connectivity index (χ1v) is 8.72. The Hall–Kier alpha value is -1.17. The highest BCUT2D eigenvalue weighted by atomic mass is 35.5. The molecule has 0 spiro atoms. The van der Waals surface area contributed by atoms with Gasteiger partial charge in [0.05, 0.1) is 16.5 Å². The normalized spacial score (nSPS) is 10.7. The number of aryl methyl sites for hydroxylation is 1. The molecule has 118 valence electrons. The van der Waals surface area contributed by atoms with E-state index in [-0.39, 0.29) is 12.3 Å². The lowest BCUT2D eigenvalue weighted by atomic mass is 10.1. The van der Waals surface area contributed by atoms with Crippen molar-refractivity contribution in [3.05, 3.63) is 38.8 Å². The van der Waals surface area contributed by atoms with Gasteiger partial charge in [0.1, 0.15) is 5.01 Å². The largest absolute Gasteiger partial charge is 0.300 e. The summed E-state index contributed by atoms with van der Waals surface area (Å²) >= 11 is 13.2. The van der Waals surface area contributed by atoms with Gasteiger partial charge in [0, 0.05) is 6.42 Å². The summed E-state index contributed by atoms with van der Waals surface area (Å²) in [5.41, 5.74) is 0.805. The van der Waals surface area contributed by atoms with Crippen LogP contribution in [0, 0.1) is 0 Å². The molecule has 7 heteroatoms. The van der Waals surface area contributed by atoms with Crippen molar-refractivity contribution in [2.24, 2.45) is 0 Å². The third kappa shape index (κ3) is 5.23. The maximum Gasteiger partial charge on any atom is 0.230 e. The molecule has 0 aliphatic heterocycles. The number of unbranched alkanes of at least 4 members (excludes halogenated alkanes) is 2. The monoisotopic (exact) mass is 357 g/mol. The van der Waals surface area contributed by atoms with Crippen molar-refractivity contribution >= 4 is 45.6 Å². The van der Waals surface area contributed by atoms with Gasteiger partial charge in [-0.2, -0.15) is 0 Å². The third-order valence-corrected chi connectivity index (χ3v) is 4.69. The van der Waals surface area contributed by atoms with Crippen LogP contribution in [-0.4, -0.2) is 16.1 Å². The average Bonchev–Trinajstić information content (AvgIpc) is 2.90. The molecule has 2 aromatic rings. The van der Waals surface area contributed by atoms with Crippen LogP contribution in [0.5, 0.6) is 0 Å². The van der Waals surface area contributed by atoms with Gasteiger partial charge < -0.3 is 5.32 Å². The molecule has 0 atom stereocenters. The summed E-state index contributed by atoms with van der Waals surface area (Å²) in [5.74, 6) is -0.144. The predicted octanol–water partition coefficient (Wildman–Crippen LogP) is 4.76. The van der Waals surface area contributed by atoms with Crippen LogP contribution in [0.1, 0.15) is 36.8 Å². The van der Waals surface area contributed by atoms with Crippen molar-refractivity contribution in [1.82, 2.24) is 10.2 Å². The number of benzene rings is 1. The Labute approximate surface area is 143 Å². The summed E-state index contributed by atoms with van der Waals surface area (Å²) in [5, 5.41) is 13.3. The standard InChI is InChI=1S/C15H17Cl2N3OS/c1-2-3-4-5-14-19-20-15(22-14)18-13(21)9-10-6-7-11(16)12(17)8-10/h6-8H,2-5,9H2,1H3,(H,18,20,21). The number of nitrogens with zero attached hydrogens (tertiary/aromatic N) is 2. The molecule has 22 heavy (non-hydrogen) atoms. The van der Waals surface area contributed by atoms with Gasteiger partial charge in [0.15, 0.2) is 0 Å². The molecule has 4 nitrogen and oxygen atoms in total. The van der Waals surface area contributed by atoms with Gasteiger partial charge in [-0.25, -0.2) is 0 Å². The highest BCUT2D eigenvalue weighted by molar-refractivity contribution is 7.15. The number of anilines is 1. The summed E-state index contributed by atoms with van der Waals surface area (Å²) in [7, 11) is 0. The van der Waals surface area contributed by atoms with Gasteiger partial charge in [0.2, 0.25) is 11.0 Å². The Kier molecular flexibility index (Phi) is 6.61. The summed E-state index contributed by atoms with van der Waals surface area (Å²) in [6.45, 7) is 2.16. The minimum atomic E-state index is -0.144. The fourth-order valence-electron chi connectivity index (χ4n) is 1.93. The van der Waals surface area contributed by atoms with Crippen molar-refractivity contribution in [2.45, 2.75) is 39.0 Å². The van der Waals surface area contributed by atoms with Crippen molar-refractivity contribution in [1.29, 1.82) is 0 Å². The SMILES string of the molecule is CCCCCc1nnc(NC(=O)Cc2ccc(Cl)c(Cl)c2)s1. The third-order valence-electron chi connectivity index (χ3n) is 3.06. The van der Waals surface area contributed by atoms with Crippen LogP contribution in [0.4, 0.5) is 5.13 Å². The van der Waals surface area contributed by atoms with Gasteiger partial charge in [-0.3, -0.25) is 4.79 Å². The molecule has 2 rings (SSSR count). The smallest absolute Gasteiger partial charge is 0.230 e. The second-order valence-electron chi connectivity index (χ2n) is 4.93. The molecule has 1 amide bonds. The summed E-state index contributed by atoms with van der Waals surface area (Å²) in [6.07, 6.45) is 4.59. The zero-order chi connectivity index (χ0) is 15.9. The highest BCUT2D eigenvalue weighted by Crippen LogP contribution is 2.23. The van der Waals surface area contributed by atoms with E-state index in [1.807, 2.05) is 0 Å². The van der Waals surface area contributed by atoms with Crippen LogP contribution in [0.25, 0.3) is 0 Å². The Morgan fingerprint density at radius 1 is 1.23 bits per heavy atom. The molecular weight excluding hydrogens is 341 g/mol. The number of rotatable bonds is 7. The van der Waals surface area contributed by atoms with E-state index >= 15 is 0 Å². The molecule has 1 heterocycles.